The fourth-order valence-corrected chi connectivity index (χ4v) is 5.68. The van der Waals surface area contributed by atoms with Crippen LogP contribution in [-0.4, -0.2) is 43.5 Å². The molecule has 0 saturated carbocycles. The Bertz CT molecular complexity index is 1020. The lowest BCUT2D eigenvalue weighted by atomic mass is 10.1. The molecule has 1 aromatic heterocycles. The van der Waals surface area contributed by atoms with Crippen LogP contribution in [0.1, 0.15) is 50.6 Å². The zero-order chi connectivity index (χ0) is 20.6. The second-order valence-electron chi connectivity index (χ2n) is 7.39. The molecular weight excluding hydrogens is 394 g/mol. The van der Waals surface area contributed by atoms with Crippen molar-refractivity contribution in [2.45, 2.75) is 50.5 Å². The number of amides is 1. The SMILES string of the molecule is CCCc1cc([C@H]2CCCN2S(=O)(=O)c2ccc3c(c2)OCCN3C(C)=O)no1. The summed E-state index contributed by atoms with van der Waals surface area (Å²) in [5, 5.41) is 4.12. The Morgan fingerprint density at radius 1 is 1.28 bits per heavy atom. The van der Waals surface area contributed by atoms with Gasteiger partial charge in [-0.05, 0) is 31.4 Å². The smallest absolute Gasteiger partial charge is 0.243 e. The van der Waals surface area contributed by atoms with Crippen LogP contribution in [0, 0.1) is 0 Å². The highest BCUT2D eigenvalue weighted by molar-refractivity contribution is 7.89. The number of carbonyl (C=O) groups is 1. The Balaban J connectivity index is 1.64. The molecule has 2 aliphatic rings. The van der Waals surface area contributed by atoms with Crippen LogP contribution in [-0.2, 0) is 21.2 Å². The van der Waals surface area contributed by atoms with Crippen LogP contribution in [0.25, 0.3) is 0 Å². The molecule has 0 unspecified atom stereocenters. The van der Waals surface area contributed by atoms with E-state index >= 15 is 0 Å². The standard InChI is InChI=1S/C20H25N3O5S/c1-3-5-15-12-17(21-28-15)18-6-4-9-23(18)29(25,26)16-7-8-19-20(13-16)27-11-10-22(19)14(2)24/h7-8,12-13,18H,3-6,9-11H2,1-2H3/t18-/m1/s1. The fraction of sp³-hybridized carbons (Fsp3) is 0.500. The Morgan fingerprint density at radius 2 is 2.10 bits per heavy atom. The summed E-state index contributed by atoms with van der Waals surface area (Å²) in [6.07, 6.45) is 3.19. The molecule has 1 fully saturated rings. The Kier molecular flexibility index (Phi) is 5.35. The zero-order valence-electron chi connectivity index (χ0n) is 16.6. The number of anilines is 1. The summed E-state index contributed by atoms with van der Waals surface area (Å²) >= 11 is 0. The van der Waals surface area contributed by atoms with Crippen molar-refractivity contribution in [3.8, 4) is 5.75 Å². The quantitative estimate of drug-likeness (QED) is 0.740. The van der Waals surface area contributed by atoms with Gasteiger partial charge in [0, 0.05) is 32.0 Å². The molecule has 0 aliphatic carbocycles. The second kappa shape index (κ2) is 7.79. The molecule has 3 heterocycles. The number of hydrogen-bond donors (Lipinski definition) is 0. The van der Waals surface area contributed by atoms with E-state index in [1.807, 2.05) is 6.07 Å². The maximum absolute atomic E-state index is 13.4. The maximum Gasteiger partial charge on any atom is 0.243 e. The summed E-state index contributed by atoms with van der Waals surface area (Å²) in [5.41, 5.74) is 1.26. The van der Waals surface area contributed by atoms with E-state index < -0.39 is 10.0 Å². The highest BCUT2D eigenvalue weighted by Crippen LogP contribution is 2.39. The van der Waals surface area contributed by atoms with Crippen molar-refractivity contribution >= 4 is 21.6 Å². The molecule has 0 bridgehead atoms. The molecule has 156 valence electrons. The molecule has 29 heavy (non-hydrogen) atoms. The number of carbonyl (C=O) groups excluding carboxylic acids is 1. The molecular formula is C20H25N3O5S. The van der Waals surface area contributed by atoms with Crippen LogP contribution in [0.15, 0.2) is 33.7 Å². The molecule has 9 heteroatoms. The van der Waals surface area contributed by atoms with Gasteiger partial charge in [-0.15, -0.1) is 0 Å². The summed E-state index contributed by atoms with van der Waals surface area (Å²) in [4.78, 5) is 13.6. The number of rotatable bonds is 5. The monoisotopic (exact) mass is 419 g/mol. The van der Waals surface area contributed by atoms with Gasteiger partial charge in [0.15, 0.2) is 0 Å². The third-order valence-corrected chi connectivity index (χ3v) is 7.30. The average molecular weight is 420 g/mol. The molecule has 4 rings (SSSR count). The lowest BCUT2D eigenvalue weighted by molar-refractivity contribution is -0.116. The van der Waals surface area contributed by atoms with Gasteiger partial charge in [0.25, 0.3) is 0 Å². The number of hydrogen-bond acceptors (Lipinski definition) is 6. The van der Waals surface area contributed by atoms with Crippen LogP contribution >= 0.6 is 0 Å². The number of aromatic nitrogens is 1. The van der Waals surface area contributed by atoms with Gasteiger partial charge in [-0.2, -0.15) is 4.31 Å². The lowest BCUT2D eigenvalue weighted by Crippen LogP contribution is -2.36. The minimum Gasteiger partial charge on any atom is -0.489 e. The molecule has 8 nitrogen and oxygen atoms in total. The van der Waals surface area contributed by atoms with Crippen molar-refractivity contribution in [2.75, 3.05) is 24.6 Å². The minimum absolute atomic E-state index is 0.0984. The van der Waals surface area contributed by atoms with Crippen LogP contribution in [0.2, 0.25) is 0 Å². The number of ether oxygens (including phenoxy) is 1. The highest BCUT2D eigenvalue weighted by Gasteiger charge is 2.38. The number of sulfonamides is 1. The van der Waals surface area contributed by atoms with Crippen LogP contribution in [0.3, 0.4) is 0 Å². The summed E-state index contributed by atoms with van der Waals surface area (Å²) in [6.45, 7) is 4.76. The molecule has 1 aromatic carbocycles. The van der Waals surface area contributed by atoms with E-state index in [0.29, 0.717) is 43.2 Å². The molecule has 0 N–H and O–H groups in total. The van der Waals surface area contributed by atoms with E-state index in [2.05, 4.69) is 12.1 Å². The van der Waals surface area contributed by atoms with Crippen LogP contribution in [0.5, 0.6) is 5.75 Å². The van der Waals surface area contributed by atoms with Crippen molar-refractivity contribution in [3.63, 3.8) is 0 Å². The van der Waals surface area contributed by atoms with Gasteiger partial charge in [0.2, 0.25) is 15.9 Å². The minimum atomic E-state index is -3.74. The summed E-state index contributed by atoms with van der Waals surface area (Å²) in [6, 6.07) is 6.23. The van der Waals surface area contributed by atoms with Gasteiger partial charge in [-0.25, -0.2) is 8.42 Å². The van der Waals surface area contributed by atoms with Crippen molar-refractivity contribution < 1.29 is 22.5 Å². The van der Waals surface area contributed by atoms with E-state index in [9.17, 15) is 13.2 Å². The average Bonchev–Trinajstić information content (AvgIpc) is 3.36. The third-order valence-electron chi connectivity index (χ3n) is 5.40. The Hall–Kier alpha value is -2.39. The van der Waals surface area contributed by atoms with Crippen LogP contribution in [0.4, 0.5) is 5.69 Å². The van der Waals surface area contributed by atoms with Crippen molar-refractivity contribution in [1.29, 1.82) is 0 Å². The van der Waals surface area contributed by atoms with Crippen molar-refractivity contribution in [1.82, 2.24) is 9.46 Å². The van der Waals surface area contributed by atoms with Gasteiger partial charge >= 0.3 is 0 Å². The van der Waals surface area contributed by atoms with Crippen LogP contribution < -0.4 is 9.64 Å². The molecule has 1 saturated heterocycles. The zero-order valence-corrected chi connectivity index (χ0v) is 17.4. The first-order valence-electron chi connectivity index (χ1n) is 9.94. The largest absolute Gasteiger partial charge is 0.489 e. The van der Waals surface area contributed by atoms with E-state index in [-0.39, 0.29) is 16.8 Å². The fourth-order valence-electron chi connectivity index (χ4n) is 4.00. The molecule has 0 spiro atoms. The van der Waals surface area contributed by atoms with Crippen molar-refractivity contribution in [2.24, 2.45) is 0 Å². The van der Waals surface area contributed by atoms with Gasteiger partial charge in [-0.1, -0.05) is 12.1 Å². The number of nitrogens with zero attached hydrogens (tertiary/aromatic N) is 3. The molecule has 2 aromatic rings. The third kappa shape index (κ3) is 3.64. The summed E-state index contributed by atoms with van der Waals surface area (Å²) in [7, 11) is -3.74. The first-order valence-corrected chi connectivity index (χ1v) is 11.4. The summed E-state index contributed by atoms with van der Waals surface area (Å²) < 4.78 is 39.3. The highest BCUT2D eigenvalue weighted by atomic mass is 32.2. The number of benzene rings is 1. The van der Waals surface area contributed by atoms with E-state index in [1.165, 1.54) is 17.3 Å². The predicted molar refractivity (Wildman–Crippen MR) is 106 cm³/mol. The van der Waals surface area contributed by atoms with E-state index in [0.717, 1.165) is 25.0 Å². The molecule has 1 atom stereocenters. The Labute approximate surface area is 170 Å². The van der Waals surface area contributed by atoms with Crippen molar-refractivity contribution in [3.05, 3.63) is 35.7 Å². The molecule has 0 radical (unpaired) electrons. The molecule has 2 aliphatic heterocycles. The van der Waals surface area contributed by atoms with Gasteiger partial charge < -0.3 is 14.2 Å². The number of fused-ring (bicyclic) bond motifs is 1. The van der Waals surface area contributed by atoms with Gasteiger partial charge in [0.1, 0.15) is 23.8 Å². The van der Waals surface area contributed by atoms with Gasteiger partial charge in [-0.3, -0.25) is 4.79 Å². The molecule has 1 amide bonds. The number of aryl methyl sites for hydroxylation is 1. The first-order chi connectivity index (χ1) is 13.9. The Morgan fingerprint density at radius 3 is 2.86 bits per heavy atom. The topological polar surface area (TPSA) is 93.0 Å². The predicted octanol–water partition coefficient (Wildman–Crippen LogP) is 2.90. The normalized spacial score (nSPS) is 19.8. The maximum atomic E-state index is 13.4. The first kappa shape index (κ1) is 19.9. The van der Waals surface area contributed by atoms with E-state index in [4.69, 9.17) is 9.26 Å². The second-order valence-corrected chi connectivity index (χ2v) is 9.28. The van der Waals surface area contributed by atoms with Gasteiger partial charge in [0.05, 0.1) is 23.2 Å². The lowest BCUT2D eigenvalue weighted by Gasteiger charge is -2.29. The van der Waals surface area contributed by atoms with E-state index in [1.54, 1.807) is 17.0 Å². The summed E-state index contributed by atoms with van der Waals surface area (Å²) in [5.74, 6) is 1.09.